The highest BCUT2D eigenvalue weighted by Crippen LogP contribution is 2.37. The minimum absolute atomic E-state index is 0.0835. The molecule has 0 heterocycles. The molecule has 1 atom stereocenters. The molecule has 0 bridgehead atoms. The zero-order chi connectivity index (χ0) is 20.8. The molecule has 0 fully saturated rings. The van der Waals surface area contributed by atoms with Crippen LogP contribution in [-0.4, -0.2) is 11.8 Å². The second kappa shape index (κ2) is 9.43. The van der Waals surface area contributed by atoms with Gasteiger partial charge in [-0.2, -0.15) is 0 Å². The lowest BCUT2D eigenvalue weighted by molar-refractivity contribution is -0.116. The molecule has 0 aliphatic carbocycles. The first-order valence-corrected chi connectivity index (χ1v) is 10.3. The lowest BCUT2D eigenvalue weighted by Gasteiger charge is -2.18. The number of benzene rings is 3. The Morgan fingerprint density at radius 2 is 1.62 bits per heavy atom. The number of hydrogen-bond donors (Lipinski definition) is 2. The second-order valence-electron chi connectivity index (χ2n) is 6.93. The van der Waals surface area contributed by atoms with Crippen LogP contribution >= 0.6 is 11.8 Å². The first-order chi connectivity index (χ1) is 13.9. The maximum Gasteiger partial charge on any atom is 0.242 e. The molecular weight excluding hydrogens is 380 g/mol. The van der Waals surface area contributed by atoms with Gasteiger partial charge in [-0.25, -0.2) is 0 Å². The summed E-state index contributed by atoms with van der Waals surface area (Å²) in [6.45, 7) is 5.47. The smallest absolute Gasteiger partial charge is 0.242 e. The summed E-state index contributed by atoms with van der Waals surface area (Å²) >= 11 is 1.46. The molecule has 4 nitrogen and oxygen atoms in total. The normalized spacial score (nSPS) is 11.6. The Hall–Kier alpha value is -3.05. The van der Waals surface area contributed by atoms with E-state index in [4.69, 9.17) is 0 Å². The Morgan fingerprint density at radius 3 is 2.34 bits per heavy atom. The van der Waals surface area contributed by atoms with E-state index in [2.05, 4.69) is 10.6 Å². The molecule has 0 aromatic heterocycles. The van der Waals surface area contributed by atoms with E-state index in [9.17, 15) is 9.59 Å². The first-order valence-electron chi connectivity index (χ1n) is 9.40. The van der Waals surface area contributed by atoms with Crippen molar-refractivity contribution in [2.24, 2.45) is 0 Å². The standard InChI is InChI=1S/C24H24N2O2S/c1-16-12-13-17(2)22(14-16)26-24(28)23(19-8-5-4-6-9-19)29-21-11-7-10-20(15-21)25-18(3)27/h4-15,23H,1-3H3,(H,25,27)(H,26,28). The number of carbonyl (C=O) groups excluding carboxylic acids is 2. The van der Waals surface area contributed by atoms with Crippen molar-refractivity contribution in [3.63, 3.8) is 0 Å². The van der Waals surface area contributed by atoms with Gasteiger partial charge in [-0.15, -0.1) is 11.8 Å². The molecule has 3 aromatic carbocycles. The van der Waals surface area contributed by atoms with E-state index in [-0.39, 0.29) is 11.8 Å². The lowest BCUT2D eigenvalue weighted by atomic mass is 10.1. The highest BCUT2D eigenvalue weighted by atomic mass is 32.2. The van der Waals surface area contributed by atoms with E-state index in [0.29, 0.717) is 5.69 Å². The van der Waals surface area contributed by atoms with Gasteiger partial charge < -0.3 is 10.6 Å². The summed E-state index contributed by atoms with van der Waals surface area (Å²) in [6.07, 6.45) is 0. The van der Waals surface area contributed by atoms with E-state index in [0.717, 1.165) is 27.3 Å². The summed E-state index contributed by atoms with van der Waals surface area (Å²) < 4.78 is 0. The fraction of sp³-hybridized carbons (Fsp3) is 0.167. The third-order valence-corrected chi connectivity index (χ3v) is 5.65. The van der Waals surface area contributed by atoms with E-state index >= 15 is 0 Å². The van der Waals surface area contributed by atoms with Gasteiger partial charge >= 0.3 is 0 Å². The van der Waals surface area contributed by atoms with Crippen molar-refractivity contribution in [1.82, 2.24) is 0 Å². The van der Waals surface area contributed by atoms with Crippen LogP contribution in [0, 0.1) is 13.8 Å². The summed E-state index contributed by atoms with van der Waals surface area (Å²) in [7, 11) is 0. The maximum absolute atomic E-state index is 13.2. The highest BCUT2D eigenvalue weighted by Gasteiger charge is 2.23. The molecule has 0 saturated heterocycles. The van der Waals surface area contributed by atoms with Crippen molar-refractivity contribution in [3.05, 3.63) is 89.5 Å². The van der Waals surface area contributed by atoms with Crippen molar-refractivity contribution in [2.75, 3.05) is 10.6 Å². The van der Waals surface area contributed by atoms with Crippen LogP contribution in [-0.2, 0) is 9.59 Å². The van der Waals surface area contributed by atoms with Gasteiger partial charge in [0.2, 0.25) is 11.8 Å². The van der Waals surface area contributed by atoms with Crippen LogP contribution in [0.25, 0.3) is 0 Å². The quantitative estimate of drug-likeness (QED) is 0.516. The molecule has 1 unspecified atom stereocenters. The molecule has 0 aliphatic rings. The summed E-state index contributed by atoms with van der Waals surface area (Å²) in [6, 6.07) is 23.3. The monoisotopic (exact) mass is 404 g/mol. The molecule has 2 amide bonds. The number of nitrogens with one attached hydrogen (secondary N) is 2. The maximum atomic E-state index is 13.2. The average molecular weight is 405 g/mol. The third-order valence-electron chi connectivity index (χ3n) is 4.40. The van der Waals surface area contributed by atoms with Crippen molar-refractivity contribution < 1.29 is 9.59 Å². The van der Waals surface area contributed by atoms with Crippen LogP contribution in [0.4, 0.5) is 11.4 Å². The van der Waals surface area contributed by atoms with E-state index < -0.39 is 5.25 Å². The summed E-state index contributed by atoms with van der Waals surface area (Å²) in [5, 5.41) is 5.45. The van der Waals surface area contributed by atoms with Gasteiger partial charge in [0.25, 0.3) is 0 Å². The minimum atomic E-state index is -0.427. The summed E-state index contributed by atoms with van der Waals surface area (Å²) in [4.78, 5) is 25.5. The lowest BCUT2D eigenvalue weighted by Crippen LogP contribution is -2.19. The Balaban J connectivity index is 1.88. The van der Waals surface area contributed by atoms with Crippen LogP contribution in [0.5, 0.6) is 0 Å². The Labute approximate surface area is 175 Å². The second-order valence-corrected chi connectivity index (χ2v) is 8.10. The zero-order valence-electron chi connectivity index (χ0n) is 16.7. The molecule has 3 rings (SSSR count). The molecule has 148 valence electrons. The van der Waals surface area contributed by atoms with Crippen LogP contribution in [0.1, 0.15) is 28.9 Å². The third kappa shape index (κ3) is 5.72. The Bertz CT molecular complexity index is 1020. The summed E-state index contributed by atoms with van der Waals surface area (Å²) in [5.74, 6) is -0.209. The fourth-order valence-electron chi connectivity index (χ4n) is 2.96. The van der Waals surface area contributed by atoms with Crippen LogP contribution in [0.3, 0.4) is 0 Å². The zero-order valence-corrected chi connectivity index (χ0v) is 17.5. The number of thioether (sulfide) groups is 1. The van der Waals surface area contributed by atoms with Crippen molar-refractivity contribution in [2.45, 2.75) is 30.9 Å². The van der Waals surface area contributed by atoms with Gasteiger partial charge in [-0.3, -0.25) is 9.59 Å². The molecule has 5 heteroatoms. The SMILES string of the molecule is CC(=O)Nc1cccc(SC(C(=O)Nc2cc(C)ccc2C)c2ccccc2)c1. The van der Waals surface area contributed by atoms with Gasteiger partial charge in [0.1, 0.15) is 5.25 Å². The van der Waals surface area contributed by atoms with Crippen LogP contribution < -0.4 is 10.6 Å². The number of anilines is 2. The van der Waals surface area contributed by atoms with Gasteiger partial charge in [0.05, 0.1) is 0 Å². The number of rotatable bonds is 6. The Morgan fingerprint density at radius 1 is 0.862 bits per heavy atom. The van der Waals surface area contributed by atoms with Gasteiger partial charge in [0.15, 0.2) is 0 Å². The van der Waals surface area contributed by atoms with E-state index in [1.165, 1.54) is 18.7 Å². The van der Waals surface area contributed by atoms with E-state index in [1.54, 1.807) is 0 Å². The molecule has 0 spiro atoms. The van der Waals surface area contributed by atoms with Gasteiger partial charge in [-0.05, 0) is 54.8 Å². The average Bonchev–Trinajstić information content (AvgIpc) is 2.69. The highest BCUT2D eigenvalue weighted by molar-refractivity contribution is 8.00. The van der Waals surface area contributed by atoms with Crippen molar-refractivity contribution in [3.8, 4) is 0 Å². The number of carbonyl (C=O) groups is 2. The minimum Gasteiger partial charge on any atom is -0.326 e. The molecule has 29 heavy (non-hydrogen) atoms. The molecule has 2 N–H and O–H groups in total. The number of hydrogen-bond acceptors (Lipinski definition) is 3. The van der Waals surface area contributed by atoms with E-state index in [1.807, 2.05) is 86.6 Å². The van der Waals surface area contributed by atoms with Crippen LogP contribution in [0.15, 0.2) is 77.7 Å². The number of aryl methyl sites for hydroxylation is 2. The predicted molar refractivity (Wildman–Crippen MR) is 120 cm³/mol. The largest absolute Gasteiger partial charge is 0.326 e. The first kappa shape index (κ1) is 20.7. The number of amides is 2. The molecular formula is C24H24N2O2S. The molecule has 0 aliphatic heterocycles. The van der Waals surface area contributed by atoms with Gasteiger partial charge in [-0.1, -0.05) is 48.5 Å². The topological polar surface area (TPSA) is 58.2 Å². The van der Waals surface area contributed by atoms with Crippen LogP contribution in [0.2, 0.25) is 0 Å². The fourth-order valence-corrected chi connectivity index (χ4v) is 4.04. The van der Waals surface area contributed by atoms with Crippen molar-refractivity contribution >= 4 is 35.0 Å². The Kier molecular flexibility index (Phi) is 6.73. The molecule has 0 saturated carbocycles. The molecule has 3 aromatic rings. The predicted octanol–water partition coefficient (Wildman–Crippen LogP) is 5.73. The summed E-state index contributed by atoms with van der Waals surface area (Å²) in [5.41, 5.74) is 4.57. The molecule has 0 radical (unpaired) electrons. The van der Waals surface area contributed by atoms with Gasteiger partial charge in [0, 0.05) is 23.2 Å². The van der Waals surface area contributed by atoms with Crippen molar-refractivity contribution in [1.29, 1.82) is 0 Å².